The molecule has 3 N–H and O–H groups in total. The summed E-state index contributed by atoms with van der Waals surface area (Å²) in [6.07, 6.45) is 2.50. The lowest BCUT2D eigenvalue weighted by atomic mass is 10.1. The summed E-state index contributed by atoms with van der Waals surface area (Å²) in [5.74, 6) is 0. The van der Waals surface area contributed by atoms with Crippen LogP contribution in [0, 0.1) is 0 Å². The molecule has 8 heteroatoms. The van der Waals surface area contributed by atoms with Crippen molar-refractivity contribution in [3.63, 3.8) is 0 Å². The summed E-state index contributed by atoms with van der Waals surface area (Å²) in [6.45, 7) is 6.87. The summed E-state index contributed by atoms with van der Waals surface area (Å²) in [6, 6.07) is 0. The van der Waals surface area contributed by atoms with Crippen molar-refractivity contribution >= 4 is 21.6 Å². The van der Waals surface area contributed by atoms with Gasteiger partial charge in [0, 0.05) is 31.6 Å². The van der Waals surface area contributed by atoms with Crippen LogP contribution in [-0.2, 0) is 29.8 Å². The number of ether oxygens (including phenoxy) is 1. The highest BCUT2D eigenvalue weighted by Crippen LogP contribution is 2.41. The number of nitrogens with zero attached hydrogens (tertiary/aromatic N) is 2. The van der Waals surface area contributed by atoms with E-state index >= 15 is 0 Å². The minimum atomic E-state index is -0.345. The molecule has 0 aliphatic heterocycles. The average Bonchev–Trinajstić information content (AvgIpc) is 3.23. The van der Waals surface area contributed by atoms with Crippen molar-refractivity contribution in [1.82, 2.24) is 14.5 Å². The first-order valence-corrected chi connectivity index (χ1v) is 10.0. The van der Waals surface area contributed by atoms with Crippen LogP contribution < -0.4 is 22.3 Å². The quantitative estimate of drug-likeness (QED) is 0.633. The third-order valence-corrected chi connectivity index (χ3v) is 6.40. The van der Waals surface area contributed by atoms with Crippen LogP contribution in [-0.4, -0.2) is 35.9 Å². The highest BCUT2D eigenvalue weighted by Gasteiger charge is 2.43. The van der Waals surface area contributed by atoms with Crippen LogP contribution in [0.25, 0.3) is 10.2 Å². The van der Waals surface area contributed by atoms with Crippen molar-refractivity contribution in [2.24, 2.45) is 5.73 Å². The van der Waals surface area contributed by atoms with E-state index in [0.717, 1.165) is 41.1 Å². The molecule has 0 unspecified atom stereocenters. The van der Waals surface area contributed by atoms with Crippen LogP contribution >= 0.6 is 11.3 Å². The van der Waals surface area contributed by atoms with Gasteiger partial charge in [0.15, 0.2) is 0 Å². The SMILES string of the molecule is CCc1c(CNCCN)sc2c1c(=O)n(C1(C)CC1)c(=O)n2CCOC. The number of aryl methyl sites for hydroxylation is 1. The average molecular weight is 381 g/mol. The van der Waals surface area contributed by atoms with E-state index in [4.69, 9.17) is 10.5 Å². The van der Waals surface area contributed by atoms with Crippen molar-refractivity contribution < 1.29 is 4.74 Å². The molecule has 0 saturated heterocycles. The van der Waals surface area contributed by atoms with Crippen molar-refractivity contribution in [3.05, 3.63) is 31.3 Å². The van der Waals surface area contributed by atoms with Crippen LogP contribution in [0.5, 0.6) is 0 Å². The number of rotatable bonds is 9. The molecule has 2 aromatic rings. The predicted octanol–water partition coefficient (Wildman–Crippen LogP) is 0.991. The smallest absolute Gasteiger partial charge is 0.332 e. The molecule has 2 heterocycles. The summed E-state index contributed by atoms with van der Waals surface area (Å²) >= 11 is 1.53. The van der Waals surface area contributed by atoms with E-state index in [1.807, 2.05) is 6.92 Å². The second kappa shape index (κ2) is 7.64. The van der Waals surface area contributed by atoms with Gasteiger partial charge in [-0.05, 0) is 31.7 Å². The Morgan fingerprint density at radius 3 is 2.65 bits per heavy atom. The van der Waals surface area contributed by atoms with E-state index in [1.165, 1.54) is 15.9 Å². The van der Waals surface area contributed by atoms with Gasteiger partial charge in [-0.15, -0.1) is 11.3 Å². The molecule has 144 valence electrons. The zero-order valence-electron chi connectivity index (χ0n) is 15.8. The largest absolute Gasteiger partial charge is 0.383 e. The van der Waals surface area contributed by atoms with E-state index < -0.39 is 0 Å². The number of hydrogen-bond donors (Lipinski definition) is 2. The fourth-order valence-corrected chi connectivity index (χ4v) is 4.77. The predicted molar refractivity (Wildman–Crippen MR) is 105 cm³/mol. The molecule has 2 aromatic heterocycles. The van der Waals surface area contributed by atoms with Gasteiger partial charge in [-0.2, -0.15) is 0 Å². The topological polar surface area (TPSA) is 91.3 Å². The van der Waals surface area contributed by atoms with Gasteiger partial charge in [0.25, 0.3) is 5.56 Å². The summed E-state index contributed by atoms with van der Waals surface area (Å²) in [7, 11) is 1.62. The number of hydrogen-bond acceptors (Lipinski definition) is 6. The molecule has 7 nitrogen and oxygen atoms in total. The number of aromatic nitrogens is 2. The number of nitrogens with two attached hydrogens (primary N) is 1. The summed E-state index contributed by atoms with van der Waals surface area (Å²) < 4.78 is 8.40. The molecule has 1 fully saturated rings. The lowest BCUT2D eigenvalue weighted by molar-refractivity contribution is 0.186. The molecular formula is C18H28N4O3S. The maximum Gasteiger partial charge on any atom is 0.332 e. The van der Waals surface area contributed by atoms with Crippen LogP contribution in [0.15, 0.2) is 9.59 Å². The van der Waals surface area contributed by atoms with Crippen molar-refractivity contribution in [2.45, 2.75) is 51.7 Å². The Balaban J connectivity index is 2.25. The van der Waals surface area contributed by atoms with Crippen molar-refractivity contribution in [2.75, 3.05) is 26.8 Å². The zero-order valence-corrected chi connectivity index (χ0v) is 16.6. The lowest BCUT2D eigenvalue weighted by Gasteiger charge is -2.16. The number of fused-ring (bicyclic) bond motifs is 1. The zero-order chi connectivity index (χ0) is 18.9. The van der Waals surface area contributed by atoms with Gasteiger partial charge in [-0.1, -0.05) is 6.92 Å². The number of methoxy groups -OCH3 is 1. The van der Waals surface area contributed by atoms with Crippen LogP contribution in [0.1, 0.15) is 37.1 Å². The number of thiophene rings is 1. The fraction of sp³-hybridized carbons (Fsp3) is 0.667. The molecule has 1 aliphatic carbocycles. The first-order chi connectivity index (χ1) is 12.5. The standard InChI is InChI=1S/C18H28N4O3S/c1-4-12-13(11-20-8-7-19)26-16-14(12)15(23)22(18(2)5-6-18)17(24)21(16)9-10-25-3/h20H,4-11,19H2,1-3H3. The van der Waals surface area contributed by atoms with Crippen LogP contribution in [0.4, 0.5) is 0 Å². The van der Waals surface area contributed by atoms with Gasteiger partial charge in [0.1, 0.15) is 4.83 Å². The number of nitrogens with one attached hydrogen (secondary N) is 1. The minimum absolute atomic E-state index is 0.142. The molecule has 0 bridgehead atoms. The Labute approximate surface area is 156 Å². The van der Waals surface area contributed by atoms with Crippen LogP contribution in [0.2, 0.25) is 0 Å². The summed E-state index contributed by atoms with van der Waals surface area (Å²) in [5.41, 5.74) is 5.90. The molecule has 3 rings (SSSR count). The molecular weight excluding hydrogens is 352 g/mol. The summed E-state index contributed by atoms with van der Waals surface area (Å²) in [4.78, 5) is 28.3. The Morgan fingerprint density at radius 1 is 1.35 bits per heavy atom. The Morgan fingerprint density at radius 2 is 2.08 bits per heavy atom. The molecule has 1 aliphatic rings. The van der Waals surface area contributed by atoms with Gasteiger partial charge in [0.05, 0.1) is 24.1 Å². The van der Waals surface area contributed by atoms with E-state index in [2.05, 4.69) is 12.2 Å². The van der Waals surface area contributed by atoms with Gasteiger partial charge in [0.2, 0.25) is 0 Å². The third-order valence-electron chi connectivity index (χ3n) is 5.15. The second-order valence-electron chi connectivity index (χ2n) is 7.07. The Hall–Kier alpha value is -1.48. The normalized spacial score (nSPS) is 15.7. The molecule has 0 aromatic carbocycles. The monoisotopic (exact) mass is 380 g/mol. The minimum Gasteiger partial charge on any atom is -0.383 e. The van der Waals surface area contributed by atoms with Crippen molar-refractivity contribution in [1.29, 1.82) is 0 Å². The molecule has 0 spiro atoms. The molecule has 0 radical (unpaired) electrons. The highest BCUT2D eigenvalue weighted by molar-refractivity contribution is 7.18. The van der Waals surface area contributed by atoms with E-state index in [1.54, 1.807) is 11.7 Å². The highest BCUT2D eigenvalue weighted by atomic mass is 32.1. The molecule has 0 amide bonds. The van der Waals surface area contributed by atoms with Crippen LogP contribution in [0.3, 0.4) is 0 Å². The first-order valence-electron chi connectivity index (χ1n) is 9.18. The maximum atomic E-state index is 13.3. The van der Waals surface area contributed by atoms with Gasteiger partial charge < -0.3 is 15.8 Å². The van der Waals surface area contributed by atoms with Gasteiger partial charge in [-0.25, -0.2) is 4.79 Å². The molecule has 1 saturated carbocycles. The summed E-state index contributed by atoms with van der Waals surface area (Å²) in [5, 5.41) is 4.01. The van der Waals surface area contributed by atoms with E-state index in [-0.39, 0.29) is 16.8 Å². The second-order valence-corrected chi connectivity index (χ2v) is 8.15. The van der Waals surface area contributed by atoms with Crippen molar-refractivity contribution in [3.8, 4) is 0 Å². The van der Waals surface area contributed by atoms with Gasteiger partial charge >= 0.3 is 5.69 Å². The Kier molecular flexibility index (Phi) is 5.67. The third kappa shape index (κ3) is 3.26. The Bertz CT molecular complexity index is 908. The lowest BCUT2D eigenvalue weighted by Crippen LogP contribution is -2.45. The van der Waals surface area contributed by atoms with E-state index in [0.29, 0.717) is 31.6 Å². The van der Waals surface area contributed by atoms with Gasteiger partial charge in [-0.3, -0.25) is 13.9 Å². The van der Waals surface area contributed by atoms with E-state index in [9.17, 15) is 9.59 Å². The maximum absolute atomic E-state index is 13.3. The first kappa shape index (κ1) is 19.3. The fourth-order valence-electron chi connectivity index (χ4n) is 3.40. The molecule has 26 heavy (non-hydrogen) atoms. The molecule has 0 atom stereocenters.